The summed E-state index contributed by atoms with van der Waals surface area (Å²) in [5.41, 5.74) is 0.962. The standard InChI is InChI=1S/C13H17N3O3S/c1-9(17)11-7-10-12(20-11)14-13(16(10)8-18-2)15-3-5-19-6-4-15/h7H,3-6,8H2,1-2H3. The SMILES string of the molecule is COCn1c(N2CCOCC2)nc2sc(C(C)=O)cc21. The summed E-state index contributed by atoms with van der Waals surface area (Å²) in [6.07, 6.45) is 0. The number of anilines is 1. The summed E-state index contributed by atoms with van der Waals surface area (Å²) in [6.45, 7) is 5.09. The molecular weight excluding hydrogens is 278 g/mol. The van der Waals surface area contributed by atoms with Crippen molar-refractivity contribution in [3.05, 3.63) is 10.9 Å². The first-order chi connectivity index (χ1) is 9.70. The van der Waals surface area contributed by atoms with E-state index < -0.39 is 0 Å². The maximum absolute atomic E-state index is 11.5. The normalized spacial score (nSPS) is 16.0. The molecule has 1 fully saturated rings. The van der Waals surface area contributed by atoms with Crippen LogP contribution in [0.5, 0.6) is 0 Å². The Morgan fingerprint density at radius 2 is 2.25 bits per heavy atom. The number of Topliss-reactive ketones (excluding diaryl/α,β-unsaturated/α-hetero) is 1. The van der Waals surface area contributed by atoms with Crippen molar-refractivity contribution in [1.82, 2.24) is 9.55 Å². The maximum atomic E-state index is 11.5. The fraction of sp³-hybridized carbons (Fsp3) is 0.538. The van der Waals surface area contributed by atoms with E-state index >= 15 is 0 Å². The molecule has 0 saturated carbocycles. The van der Waals surface area contributed by atoms with Crippen LogP contribution in [-0.2, 0) is 16.2 Å². The summed E-state index contributed by atoms with van der Waals surface area (Å²) in [5, 5.41) is 0. The fourth-order valence-electron chi connectivity index (χ4n) is 2.34. The first kappa shape index (κ1) is 13.5. The van der Waals surface area contributed by atoms with Gasteiger partial charge >= 0.3 is 0 Å². The monoisotopic (exact) mass is 295 g/mol. The van der Waals surface area contributed by atoms with E-state index in [0.717, 1.165) is 34.3 Å². The Bertz CT molecular complexity index is 628. The van der Waals surface area contributed by atoms with Gasteiger partial charge in [-0.1, -0.05) is 0 Å². The van der Waals surface area contributed by atoms with Gasteiger partial charge in [0.15, 0.2) is 5.78 Å². The third-order valence-electron chi connectivity index (χ3n) is 3.33. The summed E-state index contributed by atoms with van der Waals surface area (Å²) >= 11 is 1.44. The molecule has 1 aliphatic heterocycles. The highest BCUT2D eigenvalue weighted by atomic mass is 32.1. The van der Waals surface area contributed by atoms with E-state index in [0.29, 0.717) is 19.9 Å². The van der Waals surface area contributed by atoms with Gasteiger partial charge in [0.25, 0.3) is 0 Å². The number of ether oxygens (including phenoxy) is 2. The van der Waals surface area contributed by atoms with Crippen molar-refractivity contribution < 1.29 is 14.3 Å². The van der Waals surface area contributed by atoms with E-state index in [2.05, 4.69) is 9.88 Å². The topological polar surface area (TPSA) is 56.6 Å². The van der Waals surface area contributed by atoms with Gasteiger partial charge in [-0.3, -0.25) is 9.36 Å². The molecule has 0 radical (unpaired) electrons. The molecule has 0 atom stereocenters. The number of hydrogen-bond acceptors (Lipinski definition) is 6. The van der Waals surface area contributed by atoms with Gasteiger partial charge in [-0.05, 0) is 13.0 Å². The molecule has 2 aromatic rings. The second-order valence-electron chi connectivity index (χ2n) is 4.71. The summed E-state index contributed by atoms with van der Waals surface area (Å²) < 4.78 is 12.7. The molecule has 0 aliphatic carbocycles. The molecule has 0 amide bonds. The summed E-state index contributed by atoms with van der Waals surface area (Å²) in [5.74, 6) is 0.969. The number of fused-ring (bicyclic) bond motifs is 1. The number of aromatic nitrogens is 2. The number of hydrogen-bond donors (Lipinski definition) is 0. The number of carbonyl (C=O) groups excluding carboxylic acids is 1. The van der Waals surface area contributed by atoms with Crippen molar-refractivity contribution >= 4 is 33.4 Å². The highest BCUT2D eigenvalue weighted by Gasteiger charge is 2.21. The molecule has 2 aromatic heterocycles. The Morgan fingerprint density at radius 1 is 1.50 bits per heavy atom. The lowest BCUT2D eigenvalue weighted by Crippen LogP contribution is -2.38. The lowest BCUT2D eigenvalue weighted by atomic mass is 10.3. The Kier molecular flexibility index (Phi) is 3.73. The average Bonchev–Trinajstić information content (AvgIpc) is 3.00. The molecule has 0 N–H and O–H groups in total. The Morgan fingerprint density at radius 3 is 2.90 bits per heavy atom. The van der Waals surface area contributed by atoms with Crippen LogP contribution in [-0.4, -0.2) is 48.7 Å². The van der Waals surface area contributed by atoms with Crippen LogP contribution in [0.4, 0.5) is 5.95 Å². The molecule has 7 heteroatoms. The quantitative estimate of drug-likeness (QED) is 0.804. The third-order valence-corrected chi connectivity index (χ3v) is 4.45. The number of morpholine rings is 1. The molecule has 0 spiro atoms. The zero-order valence-corrected chi connectivity index (χ0v) is 12.4. The van der Waals surface area contributed by atoms with Gasteiger partial charge in [0.2, 0.25) is 5.95 Å². The molecule has 3 heterocycles. The van der Waals surface area contributed by atoms with Gasteiger partial charge in [-0.15, -0.1) is 11.3 Å². The Hall–Kier alpha value is -1.44. The molecule has 6 nitrogen and oxygen atoms in total. The number of rotatable bonds is 4. The average molecular weight is 295 g/mol. The van der Waals surface area contributed by atoms with E-state index in [-0.39, 0.29) is 5.78 Å². The number of imidazole rings is 1. The minimum absolute atomic E-state index is 0.0740. The number of thiophene rings is 1. The largest absolute Gasteiger partial charge is 0.378 e. The van der Waals surface area contributed by atoms with E-state index in [9.17, 15) is 4.79 Å². The Labute approximate surface area is 120 Å². The number of nitrogens with zero attached hydrogens (tertiary/aromatic N) is 3. The van der Waals surface area contributed by atoms with Gasteiger partial charge in [0.05, 0.1) is 23.6 Å². The highest BCUT2D eigenvalue weighted by molar-refractivity contribution is 7.20. The van der Waals surface area contributed by atoms with Crippen LogP contribution in [0, 0.1) is 0 Å². The molecule has 20 heavy (non-hydrogen) atoms. The first-order valence-corrected chi connectivity index (χ1v) is 7.35. The van der Waals surface area contributed by atoms with Crippen LogP contribution in [0.1, 0.15) is 16.6 Å². The van der Waals surface area contributed by atoms with Crippen LogP contribution >= 0.6 is 11.3 Å². The zero-order valence-electron chi connectivity index (χ0n) is 11.6. The van der Waals surface area contributed by atoms with Crippen molar-refractivity contribution in [2.24, 2.45) is 0 Å². The van der Waals surface area contributed by atoms with Crippen molar-refractivity contribution in [2.45, 2.75) is 13.7 Å². The molecule has 3 rings (SSSR count). The predicted octanol–water partition coefficient (Wildman–Crippen LogP) is 1.74. The van der Waals surface area contributed by atoms with Crippen LogP contribution < -0.4 is 4.90 Å². The highest BCUT2D eigenvalue weighted by Crippen LogP contribution is 2.30. The van der Waals surface area contributed by atoms with E-state index in [1.165, 1.54) is 11.3 Å². The first-order valence-electron chi connectivity index (χ1n) is 6.53. The van der Waals surface area contributed by atoms with Crippen molar-refractivity contribution in [3.63, 3.8) is 0 Å². The van der Waals surface area contributed by atoms with Gasteiger partial charge in [-0.25, -0.2) is 4.98 Å². The number of carbonyl (C=O) groups is 1. The zero-order chi connectivity index (χ0) is 14.1. The summed E-state index contributed by atoms with van der Waals surface area (Å²) in [7, 11) is 1.66. The lowest BCUT2D eigenvalue weighted by Gasteiger charge is -2.28. The minimum Gasteiger partial charge on any atom is -0.378 e. The Balaban J connectivity index is 2.04. The number of methoxy groups -OCH3 is 1. The lowest BCUT2D eigenvalue weighted by molar-refractivity contribution is 0.102. The minimum atomic E-state index is 0.0740. The third kappa shape index (κ3) is 2.32. The molecule has 1 saturated heterocycles. The van der Waals surface area contributed by atoms with Crippen LogP contribution in [0.15, 0.2) is 6.07 Å². The molecule has 0 unspecified atom stereocenters. The number of ketones is 1. The van der Waals surface area contributed by atoms with E-state index in [1.54, 1.807) is 14.0 Å². The van der Waals surface area contributed by atoms with E-state index in [4.69, 9.17) is 9.47 Å². The molecule has 1 aliphatic rings. The van der Waals surface area contributed by atoms with Gasteiger partial charge in [0.1, 0.15) is 11.6 Å². The van der Waals surface area contributed by atoms with Crippen LogP contribution in [0.3, 0.4) is 0 Å². The van der Waals surface area contributed by atoms with Gasteiger partial charge in [-0.2, -0.15) is 0 Å². The van der Waals surface area contributed by atoms with Crippen molar-refractivity contribution in [3.8, 4) is 0 Å². The molecule has 0 bridgehead atoms. The second kappa shape index (κ2) is 5.51. The smallest absolute Gasteiger partial charge is 0.209 e. The molecular formula is C13H17N3O3S. The second-order valence-corrected chi connectivity index (χ2v) is 5.74. The predicted molar refractivity (Wildman–Crippen MR) is 77.7 cm³/mol. The van der Waals surface area contributed by atoms with Gasteiger partial charge in [0, 0.05) is 20.2 Å². The molecule has 108 valence electrons. The molecule has 0 aromatic carbocycles. The maximum Gasteiger partial charge on any atom is 0.209 e. The fourth-order valence-corrected chi connectivity index (χ4v) is 3.26. The summed E-state index contributed by atoms with van der Waals surface area (Å²) in [4.78, 5) is 20.0. The summed E-state index contributed by atoms with van der Waals surface area (Å²) in [6, 6.07) is 1.90. The van der Waals surface area contributed by atoms with E-state index in [1.807, 2.05) is 10.6 Å². The van der Waals surface area contributed by atoms with Crippen molar-refractivity contribution in [1.29, 1.82) is 0 Å². The van der Waals surface area contributed by atoms with Crippen molar-refractivity contribution in [2.75, 3.05) is 38.3 Å². The van der Waals surface area contributed by atoms with Crippen LogP contribution in [0.25, 0.3) is 10.3 Å². The van der Waals surface area contributed by atoms with Gasteiger partial charge < -0.3 is 14.4 Å². The van der Waals surface area contributed by atoms with Crippen LogP contribution in [0.2, 0.25) is 0 Å².